The molecule has 0 aliphatic carbocycles. The summed E-state index contributed by atoms with van der Waals surface area (Å²) in [6.07, 6.45) is 3.30. The molecular formula is C34H74N14O14. The Balaban J connectivity index is -0.000000152. The quantitative estimate of drug-likeness (QED) is 0.0247. The molecule has 0 bridgehead atoms. The number of nitrogens with one attached hydrogen (secondary N) is 4. The average Bonchev–Trinajstić information content (AvgIpc) is 3.13. The van der Waals surface area contributed by atoms with Gasteiger partial charge in [-0.05, 0) is 63.2 Å². The van der Waals surface area contributed by atoms with Crippen molar-refractivity contribution in [1.82, 2.24) is 10.6 Å². The lowest BCUT2D eigenvalue weighted by molar-refractivity contribution is -0.139. The highest BCUT2D eigenvalue weighted by Gasteiger charge is 2.14. The first-order chi connectivity index (χ1) is 28.2. The maximum absolute atomic E-state index is 10.2. The fourth-order valence-electron chi connectivity index (χ4n) is 3.40. The highest BCUT2D eigenvalue weighted by molar-refractivity contribution is 5.78. The monoisotopic (exact) mass is 903 g/mol. The van der Waals surface area contributed by atoms with Crippen molar-refractivity contribution in [3.8, 4) is 0 Å². The van der Waals surface area contributed by atoms with Gasteiger partial charge in [-0.15, -0.1) is 0 Å². The minimum Gasteiger partial charge on any atom is -0.480 e. The van der Waals surface area contributed by atoms with Crippen molar-refractivity contribution in [3.63, 3.8) is 0 Å². The Morgan fingerprint density at radius 3 is 0.774 bits per heavy atom. The van der Waals surface area contributed by atoms with E-state index >= 15 is 0 Å². The zero-order chi connectivity index (χ0) is 50.3. The topological polar surface area (TPSA) is 590 Å². The van der Waals surface area contributed by atoms with Crippen LogP contribution in [0.1, 0.15) is 91.9 Å². The van der Waals surface area contributed by atoms with Crippen molar-refractivity contribution >= 4 is 59.5 Å². The van der Waals surface area contributed by atoms with Gasteiger partial charge in [0.15, 0.2) is 11.9 Å². The number of carbonyl (C=O) groups is 8. The maximum Gasteiger partial charge on any atom is 0.320 e. The van der Waals surface area contributed by atoms with E-state index < -0.39 is 83.9 Å². The number of nitrogens with two attached hydrogens (primary N) is 10. The van der Waals surface area contributed by atoms with E-state index in [2.05, 4.69) is 10.6 Å². The highest BCUT2D eigenvalue weighted by atomic mass is 16.4. The van der Waals surface area contributed by atoms with Crippen LogP contribution in [-0.4, -0.2) is 140 Å². The van der Waals surface area contributed by atoms with Gasteiger partial charge in [0.1, 0.15) is 36.3 Å². The lowest BCUT2D eigenvalue weighted by Crippen LogP contribution is -2.34. The summed E-state index contributed by atoms with van der Waals surface area (Å²) in [5, 5.41) is 68.5. The molecule has 30 N–H and O–H groups in total. The van der Waals surface area contributed by atoms with E-state index in [0.29, 0.717) is 63.5 Å². The second-order valence-corrected chi connectivity index (χ2v) is 13.9. The minimum absolute atomic E-state index is 0.0213. The molecule has 6 unspecified atom stereocenters. The second kappa shape index (κ2) is 41.8. The maximum atomic E-state index is 10.2. The van der Waals surface area contributed by atoms with Crippen LogP contribution in [0.5, 0.6) is 0 Å². The van der Waals surface area contributed by atoms with E-state index in [1.165, 1.54) is 0 Å². The Kier molecular flexibility index (Phi) is 45.7. The van der Waals surface area contributed by atoms with Gasteiger partial charge < -0.3 is 98.6 Å². The number of guanidine groups is 2. The lowest BCUT2D eigenvalue weighted by atomic mass is 10.1. The third-order valence-corrected chi connectivity index (χ3v) is 6.77. The Hall–Kier alpha value is -5.94. The van der Waals surface area contributed by atoms with Crippen molar-refractivity contribution in [2.45, 2.75) is 128 Å². The zero-order valence-corrected chi connectivity index (χ0v) is 35.8. The summed E-state index contributed by atoms with van der Waals surface area (Å²) < 4.78 is 0. The molecule has 28 nitrogen and oxygen atoms in total. The molecule has 0 spiro atoms. The third kappa shape index (κ3) is 60.7. The normalized spacial score (nSPS) is 12.7. The molecule has 0 fully saturated rings. The van der Waals surface area contributed by atoms with Crippen LogP contribution in [0.3, 0.4) is 0 Å². The molecule has 364 valence electrons. The summed E-state index contributed by atoms with van der Waals surface area (Å²) in [5.41, 5.74) is 50.5. The molecule has 62 heavy (non-hydrogen) atoms. The number of carboxylic acid groups (broad SMARTS) is 6. The zero-order valence-electron chi connectivity index (χ0n) is 35.8. The first kappa shape index (κ1) is 67.8. The molecule has 0 aromatic carbocycles. The van der Waals surface area contributed by atoms with Crippen molar-refractivity contribution in [2.75, 3.05) is 13.1 Å². The lowest BCUT2D eigenvalue weighted by Gasteiger charge is -2.07. The van der Waals surface area contributed by atoms with Crippen LogP contribution in [-0.2, 0) is 38.4 Å². The number of hydrogen-bond donors (Lipinski definition) is 20. The standard InChI is InChI=1S/2C6H14N4O2.2C6H13NO2.2C5H10N2O3/c2*7-4(5(11)12)2-1-3-10-6(8)9;2*1-4(2)3-5(7)6(8)9;2*6-3(5(9)10)1-2-4(7)8/h2*4H,1-3,7H2,(H,11,12)(H4,8,9,10);2*4-5H,3,7H2,1-2H3,(H,8,9);2*3H,1-2,6H2,(H2,7,8)(H,9,10). The molecule has 0 rings (SSSR count). The smallest absolute Gasteiger partial charge is 0.320 e. The van der Waals surface area contributed by atoms with Crippen molar-refractivity contribution in [2.24, 2.45) is 69.2 Å². The Morgan fingerprint density at radius 1 is 0.419 bits per heavy atom. The summed E-state index contributed by atoms with van der Waals surface area (Å²) in [4.78, 5) is 80.9. The number of aliphatic carboxylic acids is 6. The molecular weight excluding hydrogens is 828 g/mol. The molecule has 0 radical (unpaired) electrons. The van der Waals surface area contributed by atoms with Crippen LogP contribution >= 0.6 is 0 Å². The van der Waals surface area contributed by atoms with Gasteiger partial charge in [0.2, 0.25) is 11.8 Å². The number of carboxylic acids is 6. The van der Waals surface area contributed by atoms with E-state index in [4.69, 9.17) is 98.8 Å². The molecule has 0 saturated heterocycles. The molecule has 0 aliphatic heterocycles. The molecule has 28 heteroatoms. The summed E-state index contributed by atoms with van der Waals surface area (Å²) in [5.74, 6) is -6.62. The van der Waals surface area contributed by atoms with Gasteiger partial charge in [0.25, 0.3) is 0 Å². The van der Waals surface area contributed by atoms with Gasteiger partial charge in [-0.3, -0.25) is 49.2 Å². The average molecular weight is 903 g/mol. The van der Waals surface area contributed by atoms with Crippen LogP contribution in [0.2, 0.25) is 0 Å². The van der Waals surface area contributed by atoms with Crippen LogP contribution < -0.4 is 68.0 Å². The van der Waals surface area contributed by atoms with Crippen LogP contribution in [0.25, 0.3) is 0 Å². The Morgan fingerprint density at radius 2 is 0.629 bits per heavy atom. The largest absolute Gasteiger partial charge is 0.480 e. The van der Waals surface area contributed by atoms with Crippen LogP contribution in [0.15, 0.2) is 0 Å². The Bertz CT molecular complexity index is 1240. The van der Waals surface area contributed by atoms with E-state index in [0.717, 1.165) is 0 Å². The molecule has 0 aromatic heterocycles. The third-order valence-electron chi connectivity index (χ3n) is 6.77. The van der Waals surface area contributed by atoms with E-state index in [1.54, 1.807) is 0 Å². The SMILES string of the molecule is CC(C)CC(N)C(=O)O.CC(C)CC(N)C(=O)O.N=C(N)NCCCC(N)C(=O)O.N=C(N)NCCCC(N)C(=O)O.NC(=O)CCC(N)C(=O)O.NC(=O)CCC(N)C(=O)O. The number of hydrogen-bond acceptors (Lipinski definition) is 16. The predicted octanol–water partition coefficient (Wildman–Crippen LogP) is -4.46. The van der Waals surface area contributed by atoms with Crippen LogP contribution in [0.4, 0.5) is 0 Å². The first-order valence-corrected chi connectivity index (χ1v) is 18.9. The predicted molar refractivity (Wildman–Crippen MR) is 228 cm³/mol. The summed E-state index contributed by atoms with van der Waals surface area (Å²) >= 11 is 0. The van der Waals surface area contributed by atoms with Gasteiger partial charge >= 0.3 is 35.8 Å². The first-order valence-electron chi connectivity index (χ1n) is 18.9. The van der Waals surface area contributed by atoms with Gasteiger partial charge in [-0.1, -0.05) is 27.7 Å². The van der Waals surface area contributed by atoms with Gasteiger partial charge in [0, 0.05) is 25.9 Å². The molecule has 0 heterocycles. The number of primary amides is 2. The fraction of sp³-hybridized carbons (Fsp3) is 0.706. The van der Waals surface area contributed by atoms with Crippen molar-refractivity contribution < 1.29 is 69.0 Å². The minimum atomic E-state index is -1.11. The molecule has 6 atom stereocenters. The van der Waals surface area contributed by atoms with Crippen molar-refractivity contribution in [3.05, 3.63) is 0 Å². The molecule has 2 amide bonds. The van der Waals surface area contributed by atoms with Crippen molar-refractivity contribution in [1.29, 1.82) is 10.8 Å². The number of carbonyl (C=O) groups excluding carboxylic acids is 2. The van der Waals surface area contributed by atoms with E-state index in [-0.39, 0.29) is 37.6 Å². The molecule has 0 aliphatic rings. The Labute approximate surface area is 360 Å². The summed E-state index contributed by atoms with van der Waals surface area (Å²) in [7, 11) is 0. The molecule has 0 saturated carbocycles. The highest BCUT2D eigenvalue weighted by Crippen LogP contribution is 2.02. The van der Waals surface area contributed by atoms with E-state index in [9.17, 15) is 38.4 Å². The van der Waals surface area contributed by atoms with Gasteiger partial charge in [-0.2, -0.15) is 0 Å². The van der Waals surface area contributed by atoms with Gasteiger partial charge in [-0.25, -0.2) is 0 Å². The van der Waals surface area contributed by atoms with Gasteiger partial charge in [0.05, 0.1) is 0 Å². The molecule has 0 aromatic rings. The summed E-state index contributed by atoms with van der Waals surface area (Å²) in [6, 6.07) is -4.98. The fourth-order valence-corrected chi connectivity index (χ4v) is 3.40. The summed E-state index contributed by atoms with van der Waals surface area (Å²) in [6.45, 7) is 8.75. The second-order valence-electron chi connectivity index (χ2n) is 13.9. The number of amides is 2. The van der Waals surface area contributed by atoms with Crippen LogP contribution in [0, 0.1) is 22.7 Å². The van der Waals surface area contributed by atoms with E-state index in [1.807, 2.05) is 27.7 Å². The number of rotatable bonds is 24.